The molecule has 0 amide bonds. The molecule has 2 aromatic carbocycles. The quantitative estimate of drug-likeness (QED) is 0.715. The molecule has 0 aliphatic carbocycles. The molecular formula is C21H21N5O2. The number of imidazole rings is 1. The van der Waals surface area contributed by atoms with Crippen molar-refractivity contribution >= 4 is 29.0 Å². The number of aliphatic imine (C=N–C) groups is 1. The third kappa shape index (κ3) is 2.85. The second kappa shape index (κ2) is 6.60. The van der Waals surface area contributed by atoms with Crippen LogP contribution in [-0.4, -0.2) is 28.7 Å². The average Bonchev–Trinajstić information content (AvgIpc) is 2.88. The zero-order valence-electron chi connectivity index (χ0n) is 15.6. The number of hydrogen-bond donors (Lipinski definition) is 2. The van der Waals surface area contributed by atoms with E-state index in [0.29, 0.717) is 25.1 Å². The first kappa shape index (κ1) is 16.7. The molecular weight excluding hydrogens is 354 g/mol. The number of rotatable bonds is 2. The van der Waals surface area contributed by atoms with Crippen LogP contribution in [0.3, 0.4) is 0 Å². The van der Waals surface area contributed by atoms with E-state index in [0.717, 1.165) is 40.1 Å². The number of aromatic nitrogens is 2. The van der Waals surface area contributed by atoms with Crippen LogP contribution in [0.25, 0.3) is 17.1 Å². The van der Waals surface area contributed by atoms with Gasteiger partial charge in [0.15, 0.2) is 23.6 Å². The molecule has 1 atom stereocenters. The molecule has 3 aromatic rings. The van der Waals surface area contributed by atoms with Gasteiger partial charge in [0.2, 0.25) is 5.95 Å². The second-order valence-corrected chi connectivity index (χ2v) is 6.96. The van der Waals surface area contributed by atoms with Crippen LogP contribution in [0.4, 0.5) is 5.95 Å². The van der Waals surface area contributed by atoms with Crippen LogP contribution in [0.15, 0.2) is 53.0 Å². The third-order valence-electron chi connectivity index (χ3n) is 4.91. The lowest BCUT2D eigenvalue weighted by atomic mass is 10.1. The maximum Gasteiger partial charge on any atom is 0.212 e. The molecule has 142 valence electrons. The summed E-state index contributed by atoms with van der Waals surface area (Å²) < 4.78 is 13.7. The van der Waals surface area contributed by atoms with Gasteiger partial charge in [0.25, 0.3) is 0 Å². The molecule has 0 fully saturated rings. The van der Waals surface area contributed by atoms with Gasteiger partial charge in [-0.3, -0.25) is 9.88 Å². The molecule has 3 heterocycles. The molecule has 0 saturated carbocycles. The van der Waals surface area contributed by atoms with Gasteiger partial charge in [-0.05, 0) is 18.1 Å². The van der Waals surface area contributed by atoms with Crippen LogP contribution in [0.5, 0.6) is 11.5 Å². The molecule has 5 rings (SSSR count). The van der Waals surface area contributed by atoms with E-state index in [-0.39, 0.29) is 6.17 Å². The number of ether oxygens (including phenoxy) is 2. The molecule has 1 aromatic heterocycles. The number of hydrogen-bond acceptors (Lipinski definition) is 6. The number of nitrogens with two attached hydrogens (primary N) is 1. The Hall–Kier alpha value is -3.48. The Kier molecular flexibility index (Phi) is 3.93. The maximum atomic E-state index is 6.04. The summed E-state index contributed by atoms with van der Waals surface area (Å²) in [6.45, 7) is 3.33. The molecule has 2 aliphatic rings. The lowest BCUT2D eigenvalue weighted by Gasteiger charge is -2.24. The zero-order valence-corrected chi connectivity index (χ0v) is 15.6. The molecule has 2 aliphatic heterocycles. The van der Waals surface area contributed by atoms with Gasteiger partial charge in [-0.1, -0.05) is 36.4 Å². The fourth-order valence-corrected chi connectivity index (χ4v) is 3.62. The van der Waals surface area contributed by atoms with E-state index >= 15 is 0 Å². The Labute approximate surface area is 162 Å². The van der Waals surface area contributed by atoms with Gasteiger partial charge in [-0.25, -0.2) is 9.98 Å². The minimum atomic E-state index is -0.286. The van der Waals surface area contributed by atoms with Crippen LogP contribution in [0.1, 0.15) is 25.1 Å². The Morgan fingerprint density at radius 3 is 2.71 bits per heavy atom. The van der Waals surface area contributed by atoms with E-state index in [1.165, 1.54) is 0 Å². The van der Waals surface area contributed by atoms with Crippen molar-refractivity contribution in [2.24, 2.45) is 10.7 Å². The van der Waals surface area contributed by atoms with Gasteiger partial charge in [0.05, 0.1) is 24.2 Å². The monoisotopic (exact) mass is 375 g/mol. The summed E-state index contributed by atoms with van der Waals surface area (Å²) in [5.41, 5.74) is 9.96. The van der Waals surface area contributed by atoms with E-state index in [1.54, 1.807) is 0 Å². The SMILES string of the molecule is C/C(=C\c1ccccc1)C1N=C(N)Nc2nc3cc4c(cc3n21)OCCCO4. The normalized spacial score (nSPS) is 18.8. The zero-order chi connectivity index (χ0) is 19.1. The van der Waals surface area contributed by atoms with Crippen molar-refractivity contribution in [1.29, 1.82) is 0 Å². The predicted octanol–water partition coefficient (Wildman–Crippen LogP) is 3.54. The average molecular weight is 375 g/mol. The van der Waals surface area contributed by atoms with Crippen molar-refractivity contribution in [3.8, 4) is 11.5 Å². The van der Waals surface area contributed by atoms with E-state index in [1.807, 2.05) is 30.3 Å². The molecule has 0 saturated heterocycles. The predicted molar refractivity (Wildman–Crippen MR) is 110 cm³/mol. The van der Waals surface area contributed by atoms with Crippen LogP contribution in [0, 0.1) is 0 Å². The number of nitrogens with one attached hydrogen (secondary N) is 1. The molecule has 0 bridgehead atoms. The Morgan fingerprint density at radius 2 is 1.93 bits per heavy atom. The fourth-order valence-electron chi connectivity index (χ4n) is 3.62. The Bertz CT molecular complexity index is 1100. The summed E-state index contributed by atoms with van der Waals surface area (Å²) in [5.74, 6) is 2.47. The van der Waals surface area contributed by atoms with Gasteiger partial charge >= 0.3 is 0 Å². The van der Waals surface area contributed by atoms with Crippen LogP contribution < -0.4 is 20.5 Å². The van der Waals surface area contributed by atoms with Crippen molar-refractivity contribution < 1.29 is 9.47 Å². The van der Waals surface area contributed by atoms with Crippen molar-refractivity contribution in [2.75, 3.05) is 18.5 Å². The highest BCUT2D eigenvalue weighted by molar-refractivity contribution is 5.95. The summed E-state index contributed by atoms with van der Waals surface area (Å²) in [7, 11) is 0. The second-order valence-electron chi connectivity index (χ2n) is 6.96. The maximum absolute atomic E-state index is 6.04. The highest BCUT2D eigenvalue weighted by atomic mass is 16.5. The highest BCUT2D eigenvalue weighted by Gasteiger charge is 2.26. The summed E-state index contributed by atoms with van der Waals surface area (Å²) in [6.07, 6.45) is 2.69. The van der Waals surface area contributed by atoms with Crippen molar-refractivity contribution in [3.63, 3.8) is 0 Å². The van der Waals surface area contributed by atoms with Gasteiger partial charge in [0.1, 0.15) is 0 Å². The van der Waals surface area contributed by atoms with Crippen molar-refractivity contribution in [1.82, 2.24) is 9.55 Å². The standard InChI is InChI=1S/C21H21N5O2/c1-13(10-14-6-3-2-4-7-14)19-24-20(22)25-21-23-15-11-17-18(12-16(15)26(19)21)28-9-5-8-27-17/h2-4,6-7,10-12,19H,5,8-9H2,1H3,(H3,22,23,24,25)/b13-10+. The first-order valence-corrected chi connectivity index (χ1v) is 9.34. The molecule has 3 N–H and O–H groups in total. The smallest absolute Gasteiger partial charge is 0.212 e. The molecule has 28 heavy (non-hydrogen) atoms. The topological polar surface area (TPSA) is 86.7 Å². The molecule has 1 unspecified atom stereocenters. The van der Waals surface area contributed by atoms with Crippen LogP contribution in [-0.2, 0) is 0 Å². The van der Waals surface area contributed by atoms with Gasteiger partial charge in [0, 0.05) is 18.6 Å². The van der Waals surface area contributed by atoms with E-state index in [2.05, 4.69) is 40.0 Å². The molecule has 0 radical (unpaired) electrons. The van der Waals surface area contributed by atoms with E-state index in [4.69, 9.17) is 20.2 Å². The molecule has 7 heteroatoms. The lowest BCUT2D eigenvalue weighted by Crippen LogP contribution is -2.31. The fraction of sp³-hybridized carbons (Fsp3) is 0.238. The Balaban J connectivity index is 1.64. The van der Waals surface area contributed by atoms with Gasteiger partial charge in [-0.2, -0.15) is 0 Å². The minimum Gasteiger partial charge on any atom is -0.489 e. The largest absolute Gasteiger partial charge is 0.489 e. The first-order valence-electron chi connectivity index (χ1n) is 9.34. The summed E-state index contributed by atoms with van der Waals surface area (Å²) >= 11 is 0. The van der Waals surface area contributed by atoms with Crippen LogP contribution >= 0.6 is 0 Å². The number of nitrogens with zero attached hydrogens (tertiary/aromatic N) is 3. The number of guanidine groups is 1. The van der Waals surface area contributed by atoms with Crippen LogP contribution in [0.2, 0.25) is 0 Å². The minimum absolute atomic E-state index is 0.286. The van der Waals surface area contributed by atoms with Gasteiger partial charge < -0.3 is 15.2 Å². The van der Waals surface area contributed by atoms with E-state index in [9.17, 15) is 0 Å². The number of benzene rings is 2. The summed E-state index contributed by atoms with van der Waals surface area (Å²) in [6, 6.07) is 14.1. The lowest BCUT2D eigenvalue weighted by molar-refractivity contribution is 0.297. The first-order chi connectivity index (χ1) is 13.7. The summed E-state index contributed by atoms with van der Waals surface area (Å²) in [5, 5.41) is 3.07. The summed E-state index contributed by atoms with van der Waals surface area (Å²) in [4.78, 5) is 9.35. The third-order valence-corrected chi connectivity index (χ3v) is 4.91. The number of fused-ring (bicyclic) bond motifs is 4. The van der Waals surface area contributed by atoms with Gasteiger partial charge in [-0.15, -0.1) is 0 Å². The highest BCUT2D eigenvalue weighted by Crippen LogP contribution is 2.39. The van der Waals surface area contributed by atoms with Crippen molar-refractivity contribution in [2.45, 2.75) is 19.5 Å². The number of anilines is 1. The van der Waals surface area contributed by atoms with Crippen molar-refractivity contribution in [3.05, 3.63) is 53.6 Å². The molecule has 0 spiro atoms. The Morgan fingerprint density at radius 1 is 1.18 bits per heavy atom. The van der Waals surface area contributed by atoms with E-state index < -0.39 is 0 Å². The molecule has 7 nitrogen and oxygen atoms in total.